The predicted octanol–water partition coefficient (Wildman–Crippen LogP) is 2.07. The average Bonchev–Trinajstić information content (AvgIpc) is 0.811. The monoisotopic (exact) mass is 345 g/mol. The molecule has 0 spiro atoms. The predicted molar refractivity (Wildman–Crippen MR) is 26.7 cm³/mol. The van der Waals surface area contributed by atoms with Crippen LogP contribution in [-0.2, 0) is 53.8 Å². The van der Waals surface area contributed by atoms with E-state index in [4.69, 9.17) is 0 Å². The molecule has 2 heteroatoms. The molecule has 1 radical (unpaired) electrons. The van der Waals surface area contributed by atoms with E-state index in [0.29, 0.717) is 0 Å². The van der Waals surface area contributed by atoms with Gasteiger partial charge < -0.3 is 13.3 Å². The van der Waals surface area contributed by atoms with Crippen LogP contribution in [-0.4, -0.2) is 0 Å². The summed E-state index contributed by atoms with van der Waals surface area (Å²) < 4.78 is 0. The summed E-state index contributed by atoms with van der Waals surface area (Å²) in [5.41, 5.74) is 0. The van der Waals surface area contributed by atoms with Crippen molar-refractivity contribution in [2.75, 3.05) is 0 Å². The molecule has 0 N–H and O–H groups in total. The standard InChI is InChI=1S/C4H9.CH3.W.Y/c1-4(2)3;;;/h1-3H3;1H3;;/q2*-1;;. The Bertz CT molecular complexity index is 12.8. The molecule has 0 fully saturated rings. The van der Waals surface area contributed by atoms with Crippen molar-refractivity contribution in [1.29, 1.82) is 0 Å². The zero-order valence-corrected chi connectivity index (χ0v) is 11.3. The fourth-order valence-corrected chi connectivity index (χ4v) is 0. The quantitative estimate of drug-likeness (QED) is 0.590. The maximum Gasteiger partial charge on any atom is 0 e. The zero-order valence-electron chi connectivity index (χ0n) is 5.49. The summed E-state index contributed by atoms with van der Waals surface area (Å²) in [6, 6.07) is 0. The van der Waals surface area contributed by atoms with Crippen LogP contribution in [0.1, 0.15) is 20.8 Å². The summed E-state index contributed by atoms with van der Waals surface area (Å²) in [6.07, 6.45) is 0. The Kier molecular flexibility index (Phi) is 52.0. The fourth-order valence-electron chi connectivity index (χ4n) is 0. The van der Waals surface area contributed by atoms with Crippen molar-refractivity contribution in [3.05, 3.63) is 13.3 Å². The molecule has 0 aliphatic rings. The molecule has 0 aromatic carbocycles. The minimum absolute atomic E-state index is 0. The van der Waals surface area contributed by atoms with E-state index >= 15 is 0 Å². The van der Waals surface area contributed by atoms with Crippen molar-refractivity contribution in [3.8, 4) is 0 Å². The van der Waals surface area contributed by atoms with E-state index in [-0.39, 0.29) is 61.2 Å². The molecular formula is C5H12WY-2. The smallest absolute Gasteiger partial charge is 0 e. The molecule has 0 aromatic rings. The summed E-state index contributed by atoms with van der Waals surface area (Å²) in [7, 11) is 0. The number of rotatable bonds is 0. The van der Waals surface area contributed by atoms with E-state index in [0.717, 1.165) is 0 Å². The zero-order chi connectivity index (χ0) is 3.58. The van der Waals surface area contributed by atoms with Gasteiger partial charge in [-0.05, 0) is 0 Å². The first-order valence-corrected chi connectivity index (χ1v) is 1.50. The second-order valence-electron chi connectivity index (χ2n) is 1.50. The third-order valence-corrected chi connectivity index (χ3v) is 0. The Balaban J connectivity index is -0.0000000150. The molecule has 0 heterocycles. The largest absolute Gasteiger partial charge is 0.358 e. The summed E-state index contributed by atoms with van der Waals surface area (Å²) in [4.78, 5) is 0. The number of hydrogen-bond acceptors (Lipinski definition) is 0. The normalized spacial score (nSPS) is 5.14. The van der Waals surface area contributed by atoms with E-state index < -0.39 is 0 Å². The van der Waals surface area contributed by atoms with Gasteiger partial charge in [0, 0.05) is 53.8 Å². The van der Waals surface area contributed by atoms with Crippen LogP contribution in [0.25, 0.3) is 0 Å². The first-order valence-electron chi connectivity index (χ1n) is 1.50. The van der Waals surface area contributed by atoms with Crippen LogP contribution in [0.5, 0.6) is 0 Å². The molecule has 0 saturated carbocycles. The maximum atomic E-state index is 2.08. The van der Waals surface area contributed by atoms with Gasteiger partial charge in [0.1, 0.15) is 0 Å². The van der Waals surface area contributed by atoms with Crippen LogP contribution in [0.4, 0.5) is 0 Å². The van der Waals surface area contributed by atoms with Gasteiger partial charge in [-0.1, -0.05) is 0 Å². The van der Waals surface area contributed by atoms with Crippen LogP contribution in [0.15, 0.2) is 0 Å². The molecule has 0 aliphatic heterocycles. The fraction of sp³-hybridized carbons (Fsp3) is 0.600. The molecule has 0 atom stereocenters. The third kappa shape index (κ3) is 81.4. The van der Waals surface area contributed by atoms with Crippen molar-refractivity contribution in [2.24, 2.45) is 0 Å². The summed E-state index contributed by atoms with van der Waals surface area (Å²) in [5.74, 6) is 1.42. The minimum Gasteiger partial charge on any atom is -0.358 e. The topological polar surface area (TPSA) is 0 Å². The Hall–Kier alpha value is 1.79. The first-order chi connectivity index (χ1) is 1.73. The number of hydrogen-bond donors (Lipinski definition) is 0. The molecule has 0 aliphatic carbocycles. The van der Waals surface area contributed by atoms with E-state index in [1.807, 2.05) is 0 Å². The van der Waals surface area contributed by atoms with Gasteiger partial charge >= 0.3 is 0 Å². The SMILES string of the molecule is C[C-](C)C.[CH3-].[W].[Y]. The second kappa shape index (κ2) is 15.7. The second-order valence-corrected chi connectivity index (χ2v) is 1.50. The molecule has 0 aromatic heterocycles. The van der Waals surface area contributed by atoms with E-state index in [2.05, 4.69) is 20.8 Å². The molecule has 43 valence electrons. The Morgan fingerprint density at radius 1 is 1.00 bits per heavy atom. The molecular weight excluding hydrogens is 333 g/mol. The van der Waals surface area contributed by atoms with Crippen molar-refractivity contribution in [2.45, 2.75) is 20.8 Å². The van der Waals surface area contributed by atoms with Crippen LogP contribution in [0.3, 0.4) is 0 Å². The van der Waals surface area contributed by atoms with Gasteiger partial charge in [0.05, 0.1) is 0 Å². The molecule has 0 unspecified atom stereocenters. The van der Waals surface area contributed by atoms with Gasteiger partial charge in [0.2, 0.25) is 0 Å². The molecule has 7 heavy (non-hydrogen) atoms. The van der Waals surface area contributed by atoms with Gasteiger partial charge in [0.15, 0.2) is 0 Å². The van der Waals surface area contributed by atoms with Crippen molar-refractivity contribution in [3.63, 3.8) is 0 Å². The Morgan fingerprint density at radius 2 is 1.00 bits per heavy atom. The molecule has 0 rings (SSSR count). The summed E-state index contributed by atoms with van der Waals surface area (Å²) in [5, 5.41) is 0. The van der Waals surface area contributed by atoms with Gasteiger partial charge in [-0.3, -0.25) is 0 Å². The molecule has 0 amide bonds. The summed E-state index contributed by atoms with van der Waals surface area (Å²) >= 11 is 0. The van der Waals surface area contributed by atoms with E-state index in [1.165, 1.54) is 5.92 Å². The Morgan fingerprint density at radius 3 is 1.00 bits per heavy atom. The average molecular weight is 345 g/mol. The Labute approximate surface area is 87.0 Å². The van der Waals surface area contributed by atoms with Crippen LogP contribution in [0, 0.1) is 13.3 Å². The maximum absolute atomic E-state index is 2.08. The van der Waals surface area contributed by atoms with Crippen LogP contribution >= 0.6 is 0 Å². The van der Waals surface area contributed by atoms with Crippen LogP contribution < -0.4 is 0 Å². The van der Waals surface area contributed by atoms with Crippen molar-refractivity contribution < 1.29 is 53.8 Å². The first kappa shape index (κ1) is 23.2. The van der Waals surface area contributed by atoms with Gasteiger partial charge in [0.25, 0.3) is 0 Å². The molecule has 0 nitrogen and oxygen atoms in total. The van der Waals surface area contributed by atoms with Gasteiger partial charge in [-0.25, -0.2) is 0 Å². The van der Waals surface area contributed by atoms with Gasteiger partial charge in [-0.2, -0.15) is 20.8 Å². The van der Waals surface area contributed by atoms with Crippen molar-refractivity contribution >= 4 is 0 Å². The minimum atomic E-state index is 0. The third-order valence-electron chi connectivity index (χ3n) is 0. The van der Waals surface area contributed by atoms with Gasteiger partial charge in [-0.15, -0.1) is 0 Å². The summed E-state index contributed by atoms with van der Waals surface area (Å²) in [6.45, 7) is 6.25. The van der Waals surface area contributed by atoms with E-state index in [9.17, 15) is 0 Å². The molecule has 0 bridgehead atoms. The molecule has 0 saturated heterocycles. The van der Waals surface area contributed by atoms with Crippen molar-refractivity contribution in [1.82, 2.24) is 0 Å². The van der Waals surface area contributed by atoms with E-state index in [1.54, 1.807) is 0 Å². The van der Waals surface area contributed by atoms with Crippen LogP contribution in [0.2, 0.25) is 0 Å².